The van der Waals surface area contributed by atoms with Crippen molar-refractivity contribution in [3.05, 3.63) is 60.2 Å². The first-order valence-electron chi connectivity index (χ1n) is 6.95. The summed E-state index contributed by atoms with van der Waals surface area (Å²) in [7, 11) is 0. The lowest BCUT2D eigenvalue weighted by molar-refractivity contribution is 0.631. The van der Waals surface area contributed by atoms with Gasteiger partial charge in [0.2, 0.25) is 0 Å². The lowest BCUT2D eigenvalue weighted by Gasteiger charge is -2.00. The Morgan fingerprint density at radius 1 is 0.947 bits per heavy atom. The molecule has 19 heavy (non-hydrogen) atoms. The van der Waals surface area contributed by atoms with Gasteiger partial charge < -0.3 is 4.42 Å². The molecule has 0 bridgehead atoms. The van der Waals surface area contributed by atoms with Gasteiger partial charge in [-0.3, -0.25) is 0 Å². The largest absolute Gasteiger partial charge is 0.456 e. The molecule has 0 saturated heterocycles. The van der Waals surface area contributed by atoms with Crippen molar-refractivity contribution < 1.29 is 4.42 Å². The third-order valence-electron chi connectivity index (χ3n) is 3.51. The number of fused-ring (bicyclic) bond motifs is 1. The second kappa shape index (κ2) is 5.31. The number of hydrogen-bond donors (Lipinski definition) is 0. The van der Waals surface area contributed by atoms with Gasteiger partial charge in [-0.1, -0.05) is 55.8 Å². The predicted molar refractivity (Wildman–Crippen MR) is 80.3 cm³/mol. The zero-order valence-corrected chi connectivity index (χ0v) is 11.2. The van der Waals surface area contributed by atoms with Crippen molar-refractivity contribution in [2.24, 2.45) is 0 Å². The highest BCUT2D eigenvalue weighted by Crippen LogP contribution is 2.30. The highest BCUT2D eigenvalue weighted by molar-refractivity contribution is 5.85. The molecule has 1 heterocycles. The molecule has 0 N–H and O–H groups in total. The third-order valence-corrected chi connectivity index (χ3v) is 3.51. The van der Waals surface area contributed by atoms with Crippen LogP contribution in [0, 0.1) is 0 Å². The van der Waals surface area contributed by atoms with Crippen molar-refractivity contribution in [2.45, 2.75) is 26.2 Å². The molecule has 96 valence electrons. The van der Waals surface area contributed by atoms with Gasteiger partial charge in [-0.25, -0.2) is 0 Å². The van der Waals surface area contributed by atoms with Crippen LogP contribution in [0.15, 0.2) is 59.0 Å². The molecule has 0 aliphatic carbocycles. The predicted octanol–water partition coefficient (Wildman–Crippen LogP) is 5.44. The molecule has 0 fully saturated rings. The van der Waals surface area contributed by atoms with Crippen LogP contribution in [-0.2, 0) is 6.42 Å². The van der Waals surface area contributed by atoms with Crippen LogP contribution >= 0.6 is 0 Å². The van der Waals surface area contributed by atoms with Crippen LogP contribution in [0.3, 0.4) is 0 Å². The first kappa shape index (κ1) is 12.0. The Kier molecular flexibility index (Phi) is 3.37. The fourth-order valence-corrected chi connectivity index (χ4v) is 2.45. The molecule has 1 heteroatoms. The van der Waals surface area contributed by atoms with E-state index in [-0.39, 0.29) is 0 Å². The average Bonchev–Trinajstić information content (AvgIpc) is 2.90. The van der Waals surface area contributed by atoms with Crippen LogP contribution in [-0.4, -0.2) is 0 Å². The van der Waals surface area contributed by atoms with Gasteiger partial charge in [-0.15, -0.1) is 0 Å². The van der Waals surface area contributed by atoms with E-state index in [2.05, 4.69) is 43.3 Å². The Morgan fingerprint density at radius 3 is 2.58 bits per heavy atom. The lowest BCUT2D eigenvalue weighted by atomic mass is 10.0. The summed E-state index contributed by atoms with van der Waals surface area (Å²) < 4.78 is 5.97. The fraction of sp³-hybridized carbons (Fsp3) is 0.222. The zero-order chi connectivity index (χ0) is 13.1. The first-order chi connectivity index (χ1) is 9.38. The zero-order valence-electron chi connectivity index (χ0n) is 11.2. The molecule has 2 aromatic carbocycles. The Morgan fingerprint density at radius 2 is 1.79 bits per heavy atom. The smallest absolute Gasteiger partial charge is 0.135 e. The molecule has 0 radical (unpaired) electrons. The number of hydrogen-bond acceptors (Lipinski definition) is 1. The maximum absolute atomic E-state index is 5.97. The van der Waals surface area contributed by atoms with E-state index in [1.807, 2.05) is 18.2 Å². The van der Waals surface area contributed by atoms with E-state index in [1.54, 1.807) is 0 Å². The molecule has 3 rings (SSSR count). The van der Waals surface area contributed by atoms with E-state index in [1.165, 1.54) is 23.8 Å². The van der Waals surface area contributed by atoms with Crippen LogP contribution in [0.1, 0.15) is 25.3 Å². The van der Waals surface area contributed by atoms with E-state index < -0.39 is 0 Å². The van der Waals surface area contributed by atoms with Crippen molar-refractivity contribution in [3.8, 4) is 11.3 Å². The maximum Gasteiger partial charge on any atom is 0.135 e. The quantitative estimate of drug-likeness (QED) is 0.600. The number of furan rings is 1. The minimum Gasteiger partial charge on any atom is -0.456 e. The second-order valence-electron chi connectivity index (χ2n) is 4.91. The summed E-state index contributed by atoms with van der Waals surface area (Å²) in [5.74, 6) is 0.958. The van der Waals surface area contributed by atoms with Crippen LogP contribution in [0.5, 0.6) is 0 Å². The summed E-state index contributed by atoms with van der Waals surface area (Å²) in [4.78, 5) is 0. The first-order valence-corrected chi connectivity index (χ1v) is 6.95. The number of aryl methyl sites for hydroxylation is 1. The van der Waals surface area contributed by atoms with Gasteiger partial charge in [0.05, 0.1) is 0 Å². The van der Waals surface area contributed by atoms with E-state index in [0.29, 0.717) is 0 Å². The second-order valence-corrected chi connectivity index (χ2v) is 4.91. The Balaban J connectivity index is 2.05. The van der Waals surface area contributed by atoms with Gasteiger partial charge in [0.25, 0.3) is 0 Å². The van der Waals surface area contributed by atoms with Gasteiger partial charge in [0, 0.05) is 10.9 Å². The Bertz CT molecular complexity index is 664. The van der Waals surface area contributed by atoms with Crippen LogP contribution in [0.2, 0.25) is 0 Å². The lowest BCUT2D eigenvalue weighted by Crippen LogP contribution is -1.84. The van der Waals surface area contributed by atoms with Crippen LogP contribution in [0.25, 0.3) is 22.3 Å². The summed E-state index contributed by atoms with van der Waals surface area (Å²) in [6.45, 7) is 2.23. The normalized spacial score (nSPS) is 11.0. The van der Waals surface area contributed by atoms with Crippen LogP contribution in [0.4, 0.5) is 0 Å². The van der Waals surface area contributed by atoms with Crippen molar-refractivity contribution in [1.29, 1.82) is 0 Å². The Labute approximate surface area is 113 Å². The summed E-state index contributed by atoms with van der Waals surface area (Å²) in [5.41, 5.74) is 3.53. The molecule has 0 amide bonds. The van der Waals surface area contributed by atoms with E-state index in [4.69, 9.17) is 4.42 Å². The van der Waals surface area contributed by atoms with Gasteiger partial charge in [-0.2, -0.15) is 0 Å². The molecule has 3 aromatic rings. The Hall–Kier alpha value is -2.02. The minimum atomic E-state index is 0.958. The average molecular weight is 250 g/mol. The molecule has 0 atom stereocenters. The van der Waals surface area contributed by atoms with Crippen molar-refractivity contribution in [1.82, 2.24) is 0 Å². The molecule has 0 saturated carbocycles. The van der Waals surface area contributed by atoms with Crippen molar-refractivity contribution in [2.75, 3.05) is 0 Å². The standard InChI is InChI=1S/C18H18O/c1-2-3-8-14-11-7-12-17-16(14)13-18(19-17)15-9-5-4-6-10-15/h4-7,9-13H,2-3,8H2,1H3. The number of unbranched alkanes of at least 4 members (excludes halogenated alkanes) is 1. The van der Waals surface area contributed by atoms with Gasteiger partial charge in [0.15, 0.2) is 0 Å². The van der Waals surface area contributed by atoms with Gasteiger partial charge in [0.1, 0.15) is 11.3 Å². The highest BCUT2D eigenvalue weighted by atomic mass is 16.3. The molecule has 0 spiro atoms. The van der Waals surface area contributed by atoms with E-state index >= 15 is 0 Å². The summed E-state index contributed by atoms with van der Waals surface area (Å²) in [6.07, 6.45) is 3.58. The third kappa shape index (κ3) is 2.41. The summed E-state index contributed by atoms with van der Waals surface area (Å²) in [6, 6.07) is 18.8. The molecule has 1 aromatic heterocycles. The van der Waals surface area contributed by atoms with E-state index in [9.17, 15) is 0 Å². The number of rotatable bonds is 4. The fourth-order valence-electron chi connectivity index (χ4n) is 2.45. The van der Waals surface area contributed by atoms with Crippen molar-refractivity contribution >= 4 is 11.0 Å². The summed E-state index contributed by atoms with van der Waals surface area (Å²) >= 11 is 0. The molecular weight excluding hydrogens is 232 g/mol. The number of benzene rings is 2. The SMILES string of the molecule is CCCCc1cccc2oc(-c3ccccc3)cc12. The molecule has 0 unspecified atom stereocenters. The monoisotopic (exact) mass is 250 g/mol. The molecule has 0 aliphatic heterocycles. The van der Waals surface area contributed by atoms with Gasteiger partial charge >= 0.3 is 0 Å². The molecule has 0 aliphatic rings. The van der Waals surface area contributed by atoms with E-state index in [0.717, 1.165) is 23.3 Å². The highest BCUT2D eigenvalue weighted by Gasteiger charge is 2.08. The molecular formula is C18H18O. The molecule has 1 nitrogen and oxygen atoms in total. The summed E-state index contributed by atoms with van der Waals surface area (Å²) in [5, 5.41) is 1.26. The minimum absolute atomic E-state index is 0.958. The topological polar surface area (TPSA) is 13.1 Å². The van der Waals surface area contributed by atoms with Crippen molar-refractivity contribution in [3.63, 3.8) is 0 Å². The van der Waals surface area contributed by atoms with Crippen LogP contribution < -0.4 is 0 Å². The van der Waals surface area contributed by atoms with Gasteiger partial charge in [-0.05, 0) is 30.5 Å². The maximum atomic E-state index is 5.97.